The van der Waals surface area contributed by atoms with E-state index in [1.54, 1.807) is 36.8 Å². The van der Waals surface area contributed by atoms with Crippen molar-refractivity contribution in [3.8, 4) is 17.1 Å². The van der Waals surface area contributed by atoms with Gasteiger partial charge in [0, 0.05) is 106 Å². The molecule has 27 heteroatoms. The van der Waals surface area contributed by atoms with Gasteiger partial charge in [-0.15, -0.1) is 0 Å². The number of fused-ring (bicyclic) bond motifs is 5. The van der Waals surface area contributed by atoms with Gasteiger partial charge in [-0.05, 0) is 62.8 Å². The highest BCUT2D eigenvalue weighted by molar-refractivity contribution is 6.12. The Morgan fingerprint density at radius 1 is 0.736 bits per heavy atom. The molecule has 0 aliphatic carbocycles. The Hall–Kier alpha value is -6.79. The molecule has 1 unspecified atom stereocenters. The highest BCUT2D eigenvalue weighted by Crippen LogP contribution is 2.40. The van der Waals surface area contributed by atoms with E-state index >= 15 is 0 Å². The van der Waals surface area contributed by atoms with Gasteiger partial charge in [0.05, 0.1) is 128 Å². The van der Waals surface area contributed by atoms with E-state index in [9.17, 15) is 48.6 Å². The van der Waals surface area contributed by atoms with Crippen LogP contribution >= 0.6 is 0 Å². The van der Waals surface area contributed by atoms with Crippen LogP contribution in [0.2, 0.25) is 0 Å². The minimum absolute atomic E-state index is 0.0253. The van der Waals surface area contributed by atoms with Crippen LogP contribution < -0.4 is 26.8 Å². The average Bonchev–Trinajstić information content (AvgIpc) is 2.20. The molecule has 6 N–H and O–H groups in total. The van der Waals surface area contributed by atoms with Crippen molar-refractivity contribution in [3.63, 3.8) is 0 Å². The van der Waals surface area contributed by atoms with E-state index in [-0.39, 0.29) is 118 Å². The molecular formula is C60H84N8O19. The Kier molecular flexibility index (Phi) is 27.4. The third-order valence-corrected chi connectivity index (χ3v) is 15.2. The lowest BCUT2D eigenvalue weighted by atomic mass is 9.86. The molecule has 7 rings (SSSR count). The summed E-state index contributed by atoms with van der Waals surface area (Å²) in [5, 5.41) is 34.4. The lowest BCUT2D eigenvalue weighted by Gasteiger charge is -2.32. The van der Waals surface area contributed by atoms with Crippen LogP contribution in [0.1, 0.15) is 87.0 Å². The number of pyridine rings is 2. The fourth-order valence-electron chi connectivity index (χ4n) is 10.4. The third kappa shape index (κ3) is 20.1. The molecule has 3 aromatic rings. The van der Waals surface area contributed by atoms with Gasteiger partial charge < -0.3 is 78.7 Å². The van der Waals surface area contributed by atoms with Gasteiger partial charge in [0.15, 0.2) is 5.60 Å². The van der Waals surface area contributed by atoms with Crippen LogP contribution in [-0.4, -0.2) is 222 Å². The number of phenolic OH excluding ortho intramolecular Hbond substituents is 1. The molecule has 1 saturated heterocycles. The molecule has 478 valence electrons. The Morgan fingerprint density at radius 3 is 1.94 bits per heavy atom. The predicted octanol–water partition coefficient (Wildman–Crippen LogP) is 0.611. The number of hydrogen-bond acceptors (Lipinski definition) is 21. The summed E-state index contributed by atoms with van der Waals surface area (Å²) in [6.07, 6.45) is 4.04. The second kappa shape index (κ2) is 35.3. The maximum Gasteiger partial charge on any atom is 0.343 e. The lowest BCUT2D eigenvalue weighted by Crippen LogP contribution is -2.48. The number of nitrogens with zero attached hydrogens (tertiary/aromatic N) is 4. The standard InChI is InChI=1S/C60H84N8O19/c1-3-60(78)46-37-49-56-41(38-68(49)58(76)45(46)40-87-59(60)77)36-43-44(50(69)10-8-47(43)65-56)39-66-19-14-42(15-20-66)63-52(71)6-4-16-62-57(75)48(64-53(72)7-5-18-67-54(73)12-13-55(67)74)9-11-51(70)61-17-21-80-24-25-82-28-29-84-32-33-86-35-34-85-31-30-83-27-26-81-23-22-79-2/h8,10,12-13,36-37,42,48,69,78H,3-7,9,11,14-35,38-40H2,1-2H3,(H,61,70)(H,62,75)(H,63,71)(H,64,72)/t48?,60-/m0/s1. The van der Waals surface area contributed by atoms with Crippen molar-refractivity contribution in [2.24, 2.45) is 0 Å². The predicted molar refractivity (Wildman–Crippen MR) is 312 cm³/mol. The van der Waals surface area contributed by atoms with Gasteiger partial charge >= 0.3 is 5.97 Å². The average molecular weight is 1220 g/mol. The second-order valence-corrected chi connectivity index (χ2v) is 21.3. The number of methoxy groups -OCH3 is 1. The van der Waals surface area contributed by atoms with Crippen LogP contribution in [0.15, 0.2) is 41.2 Å². The maximum atomic E-state index is 13.7. The number of amides is 6. The molecule has 1 fully saturated rings. The number of rotatable bonds is 41. The van der Waals surface area contributed by atoms with E-state index in [0.717, 1.165) is 28.0 Å². The monoisotopic (exact) mass is 1220 g/mol. The molecule has 4 aliphatic heterocycles. The number of hydrogen-bond donors (Lipinski definition) is 6. The van der Waals surface area contributed by atoms with Gasteiger partial charge in [-0.1, -0.05) is 6.92 Å². The molecule has 0 radical (unpaired) electrons. The number of nitrogens with one attached hydrogen (secondary N) is 4. The molecule has 4 aliphatic rings. The van der Waals surface area contributed by atoms with E-state index < -0.39 is 41.2 Å². The summed E-state index contributed by atoms with van der Waals surface area (Å²) in [6.45, 7) is 10.0. The Labute approximate surface area is 505 Å². The summed E-state index contributed by atoms with van der Waals surface area (Å²) < 4.78 is 50.0. The number of aromatic nitrogens is 2. The van der Waals surface area contributed by atoms with Gasteiger partial charge in [0.25, 0.3) is 17.4 Å². The molecule has 1 aromatic carbocycles. The van der Waals surface area contributed by atoms with Crippen LogP contribution in [0, 0.1) is 0 Å². The van der Waals surface area contributed by atoms with Crippen molar-refractivity contribution in [3.05, 3.63) is 69.0 Å². The summed E-state index contributed by atoms with van der Waals surface area (Å²) in [5.74, 6) is -3.21. The largest absolute Gasteiger partial charge is 0.508 e. The first-order chi connectivity index (χ1) is 42.2. The van der Waals surface area contributed by atoms with Crippen LogP contribution in [0.4, 0.5) is 0 Å². The van der Waals surface area contributed by atoms with Gasteiger partial charge in [-0.25, -0.2) is 9.78 Å². The zero-order chi connectivity index (χ0) is 62.0. The van der Waals surface area contributed by atoms with Crippen LogP contribution in [-0.2, 0) is 101 Å². The molecule has 87 heavy (non-hydrogen) atoms. The van der Waals surface area contributed by atoms with Crippen molar-refractivity contribution in [1.82, 2.24) is 40.6 Å². The number of benzene rings is 1. The van der Waals surface area contributed by atoms with Crippen molar-refractivity contribution < 1.29 is 86.4 Å². The number of ether oxygens (including phenoxy) is 9. The SMILES string of the molecule is CC[C@@]1(O)C(=O)OCc2c1cc1n(c2=O)Cc2cc3c(CN4CCC(NC(=O)CCCNC(=O)C(CCC(=O)NCCOCCOCCOCCOCCOCCOCCOCCOC)NC(=O)CCCN5C(=O)C=CC5=O)CC4)c(O)ccc3nc2-1. The summed E-state index contributed by atoms with van der Waals surface area (Å²) in [4.78, 5) is 111. The number of carbonyl (C=O) groups is 7. The van der Waals surface area contributed by atoms with Gasteiger partial charge in [0.2, 0.25) is 23.6 Å². The molecule has 0 spiro atoms. The number of likely N-dealkylation sites (tertiary alicyclic amines) is 1. The Balaban J connectivity index is 0.759. The first-order valence-electron chi connectivity index (χ1n) is 29.9. The van der Waals surface area contributed by atoms with Gasteiger partial charge in [0.1, 0.15) is 18.4 Å². The van der Waals surface area contributed by atoms with Crippen molar-refractivity contribution in [1.29, 1.82) is 0 Å². The maximum absolute atomic E-state index is 13.7. The van der Waals surface area contributed by atoms with Gasteiger partial charge in [-0.2, -0.15) is 0 Å². The number of aromatic hydroxyl groups is 1. The van der Waals surface area contributed by atoms with Crippen molar-refractivity contribution >= 4 is 52.3 Å². The third-order valence-electron chi connectivity index (χ3n) is 15.2. The fraction of sp³-hybridized carbons (Fsp3) is 0.617. The Morgan fingerprint density at radius 2 is 1.33 bits per heavy atom. The summed E-state index contributed by atoms with van der Waals surface area (Å²) in [7, 11) is 1.62. The molecule has 0 bridgehead atoms. The quantitative estimate of drug-likeness (QED) is 0.0201. The van der Waals surface area contributed by atoms with E-state index in [2.05, 4.69) is 26.2 Å². The smallest absolute Gasteiger partial charge is 0.343 e. The van der Waals surface area contributed by atoms with E-state index in [1.807, 2.05) is 6.07 Å². The van der Waals surface area contributed by atoms with Crippen LogP contribution in [0.3, 0.4) is 0 Å². The van der Waals surface area contributed by atoms with E-state index in [1.165, 1.54) is 0 Å². The number of phenols is 1. The molecule has 2 aromatic heterocycles. The molecule has 0 saturated carbocycles. The normalized spacial score (nSPS) is 16.9. The van der Waals surface area contributed by atoms with Gasteiger partial charge in [-0.3, -0.25) is 43.4 Å². The summed E-state index contributed by atoms with van der Waals surface area (Å²) >= 11 is 0. The Bertz CT molecular complexity index is 2900. The molecule has 2 atom stereocenters. The van der Waals surface area contributed by atoms with Crippen molar-refractivity contribution in [2.45, 2.75) is 102 Å². The fourth-order valence-corrected chi connectivity index (χ4v) is 10.4. The first kappa shape index (κ1) is 67.7. The highest BCUT2D eigenvalue weighted by Gasteiger charge is 2.45. The molecule has 6 amide bonds. The van der Waals surface area contributed by atoms with Crippen LogP contribution in [0.25, 0.3) is 22.3 Å². The first-order valence-corrected chi connectivity index (χ1v) is 29.9. The van der Waals surface area contributed by atoms with Crippen LogP contribution in [0.5, 0.6) is 5.75 Å². The number of cyclic esters (lactones) is 1. The lowest BCUT2D eigenvalue weighted by molar-refractivity contribution is -0.172. The van der Waals surface area contributed by atoms with Crippen molar-refractivity contribution in [2.75, 3.05) is 139 Å². The number of esters is 1. The topological polar surface area (TPSA) is 333 Å². The summed E-state index contributed by atoms with van der Waals surface area (Å²) in [6, 6.07) is 5.73. The number of aliphatic hydroxyl groups is 1. The summed E-state index contributed by atoms with van der Waals surface area (Å²) in [5.41, 5.74) is 1.27. The number of carbonyl (C=O) groups excluding carboxylic acids is 7. The van der Waals surface area contributed by atoms with E-state index in [4.69, 9.17) is 47.6 Å². The minimum Gasteiger partial charge on any atom is -0.508 e. The minimum atomic E-state index is -1.94. The second-order valence-electron chi connectivity index (χ2n) is 21.3. The number of imide groups is 1. The molecule has 27 nitrogen and oxygen atoms in total. The zero-order valence-corrected chi connectivity index (χ0v) is 49.9. The number of piperidine rings is 1. The molecular weight excluding hydrogens is 1140 g/mol. The highest BCUT2D eigenvalue weighted by atomic mass is 16.6. The zero-order valence-electron chi connectivity index (χ0n) is 49.9. The molecule has 6 heterocycles. The van der Waals surface area contributed by atoms with E-state index in [0.29, 0.717) is 154 Å².